The summed E-state index contributed by atoms with van der Waals surface area (Å²) >= 11 is 6.56. The molecule has 0 spiro atoms. The number of ketones is 1. The van der Waals surface area contributed by atoms with Gasteiger partial charge in [-0.25, -0.2) is 4.79 Å². The van der Waals surface area contributed by atoms with Crippen LogP contribution in [-0.2, 0) is 11.2 Å². The molecule has 1 aromatic carbocycles. The van der Waals surface area contributed by atoms with E-state index in [1.54, 1.807) is 6.07 Å². The van der Waals surface area contributed by atoms with Gasteiger partial charge in [0.15, 0.2) is 0 Å². The Morgan fingerprint density at radius 2 is 2.00 bits per heavy atom. The Morgan fingerprint density at radius 3 is 2.59 bits per heavy atom. The summed E-state index contributed by atoms with van der Waals surface area (Å²) in [6.45, 7) is 0. The number of Topliss-reactive ketones (excluding diaryl/α,β-unsaturated/α-hetero) is 1. The van der Waals surface area contributed by atoms with Gasteiger partial charge in [-0.1, -0.05) is 31.9 Å². The third-order valence-electron chi connectivity index (χ3n) is 2.87. The van der Waals surface area contributed by atoms with Crippen LogP contribution in [0.25, 0.3) is 0 Å². The average molecular weight is 364 g/mol. The minimum Gasteiger partial charge on any atom is -0.479 e. The maximum Gasteiger partial charge on any atom is 0.343 e. The van der Waals surface area contributed by atoms with Crippen molar-refractivity contribution in [1.29, 1.82) is 0 Å². The summed E-state index contributed by atoms with van der Waals surface area (Å²) in [6, 6.07) is 3.33. The second-order valence-corrected chi connectivity index (χ2v) is 5.68. The highest BCUT2D eigenvalue weighted by atomic mass is 79.9. The number of aliphatic carboxylic acids is 1. The maximum atomic E-state index is 12.0. The van der Waals surface area contributed by atoms with E-state index in [1.807, 2.05) is 0 Å². The standard InChI is InChI=1S/C11H8Br2O4/c12-5-3-7-6(8(13)4-5)1-2-11(17,9(7)14)10(15)16/h3-4,17H,1-2H2,(H,15,16). The molecule has 0 heterocycles. The molecule has 1 unspecified atom stereocenters. The minimum atomic E-state index is -2.30. The lowest BCUT2D eigenvalue weighted by Gasteiger charge is -2.28. The monoisotopic (exact) mass is 362 g/mol. The van der Waals surface area contributed by atoms with Crippen LogP contribution < -0.4 is 0 Å². The smallest absolute Gasteiger partial charge is 0.343 e. The third kappa shape index (κ3) is 1.94. The number of carbonyl (C=O) groups excluding carboxylic acids is 1. The van der Waals surface area contributed by atoms with E-state index in [0.717, 1.165) is 10.0 Å². The normalized spacial score (nSPS) is 23.4. The van der Waals surface area contributed by atoms with Crippen molar-refractivity contribution in [2.75, 3.05) is 0 Å². The van der Waals surface area contributed by atoms with Crippen LogP contribution >= 0.6 is 31.9 Å². The van der Waals surface area contributed by atoms with E-state index in [2.05, 4.69) is 31.9 Å². The summed E-state index contributed by atoms with van der Waals surface area (Å²) in [5.41, 5.74) is -1.31. The summed E-state index contributed by atoms with van der Waals surface area (Å²) in [5.74, 6) is -2.25. The highest BCUT2D eigenvalue weighted by Gasteiger charge is 2.48. The van der Waals surface area contributed by atoms with Crippen LogP contribution in [0.1, 0.15) is 22.3 Å². The van der Waals surface area contributed by atoms with Gasteiger partial charge in [0.2, 0.25) is 11.4 Å². The van der Waals surface area contributed by atoms with Crippen LogP contribution in [0.5, 0.6) is 0 Å². The first-order valence-corrected chi connectivity index (χ1v) is 6.43. The first-order chi connectivity index (χ1) is 7.86. The number of aliphatic hydroxyl groups is 1. The van der Waals surface area contributed by atoms with Gasteiger partial charge in [-0.2, -0.15) is 0 Å². The van der Waals surface area contributed by atoms with Gasteiger partial charge in [0.05, 0.1) is 0 Å². The fraction of sp³-hybridized carbons (Fsp3) is 0.273. The predicted molar refractivity (Wildman–Crippen MR) is 67.1 cm³/mol. The van der Waals surface area contributed by atoms with E-state index in [4.69, 9.17) is 5.11 Å². The SMILES string of the molecule is O=C(O)C1(O)CCc2c(Br)cc(Br)cc2C1=O. The Hall–Kier alpha value is -0.720. The summed E-state index contributed by atoms with van der Waals surface area (Å²) in [7, 11) is 0. The molecule has 90 valence electrons. The van der Waals surface area contributed by atoms with Crippen LogP contribution in [0.2, 0.25) is 0 Å². The third-order valence-corrected chi connectivity index (χ3v) is 4.04. The van der Waals surface area contributed by atoms with Crippen molar-refractivity contribution >= 4 is 43.6 Å². The highest BCUT2D eigenvalue weighted by molar-refractivity contribution is 9.11. The molecule has 2 rings (SSSR count). The molecular formula is C11H8Br2O4. The van der Waals surface area contributed by atoms with E-state index in [-0.39, 0.29) is 12.0 Å². The van der Waals surface area contributed by atoms with Gasteiger partial charge >= 0.3 is 5.97 Å². The van der Waals surface area contributed by atoms with Crippen LogP contribution in [0, 0.1) is 0 Å². The molecule has 1 aliphatic carbocycles. The Kier molecular flexibility index (Phi) is 3.14. The molecule has 6 heteroatoms. The molecule has 0 fully saturated rings. The number of fused-ring (bicyclic) bond motifs is 1. The summed E-state index contributed by atoms with van der Waals surface area (Å²) in [5, 5.41) is 18.8. The first-order valence-electron chi connectivity index (χ1n) is 4.85. The van der Waals surface area contributed by atoms with Gasteiger partial charge in [-0.05, 0) is 30.5 Å². The lowest BCUT2D eigenvalue weighted by molar-refractivity contribution is -0.154. The Bertz CT molecular complexity index is 526. The Morgan fingerprint density at radius 1 is 1.35 bits per heavy atom. The van der Waals surface area contributed by atoms with Gasteiger partial charge in [-0.15, -0.1) is 0 Å². The van der Waals surface area contributed by atoms with Crippen molar-refractivity contribution in [2.45, 2.75) is 18.4 Å². The number of carboxylic acid groups (broad SMARTS) is 1. The zero-order valence-corrected chi connectivity index (χ0v) is 11.7. The van der Waals surface area contributed by atoms with E-state index in [9.17, 15) is 14.7 Å². The van der Waals surface area contributed by atoms with Crippen LogP contribution in [0.4, 0.5) is 0 Å². The predicted octanol–water partition coefficient (Wildman–Crippen LogP) is 2.16. The second-order valence-electron chi connectivity index (χ2n) is 3.91. The second kappa shape index (κ2) is 4.19. The van der Waals surface area contributed by atoms with Crippen molar-refractivity contribution in [3.05, 3.63) is 32.2 Å². The Labute approximate surface area is 114 Å². The molecule has 0 saturated heterocycles. The molecule has 0 bridgehead atoms. The molecule has 1 atom stereocenters. The quantitative estimate of drug-likeness (QED) is 0.750. The van der Waals surface area contributed by atoms with E-state index < -0.39 is 17.4 Å². The number of hydrogen-bond donors (Lipinski definition) is 2. The van der Waals surface area contributed by atoms with Crippen LogP contribution in [0.3, 0.4) is 0 Å². The summed E-state index contributed by atoms with van der Waals surface area (Å²) in [6.07, 6.45) is 0.242. The number of benzene rings is 1. The fourth-order valence-corrected chi connectivity index (χ4v) is 3.33. The van der Waals surface area contributed by atoms with Gasteiger partial charge in [0.25, 0.3) is 0 Å². The lowest BCUT2D eigenvalue weighted by Crippen LogP contribution is -2.49. The number of carbonyl (C=O) groups is 2. The average Bonchev–Trinajstić information content (AvgIpc) is 2.23. The molecule has 0 saturated carbocycles. The molecule has 17 heavy (non-hydrogen) atoms. The number of halogens is 2. The largest absolute Gasteiger partial charge is 0.479 e. The maximum absolute atomic E-state index is 12.0. The van der Waals surface area contributed by atoms with Crippen molar-refractivity contribution in [2.24, 2.45) is 0 Å². The van der Waals surface area contributed by atoms with Crippen molar-refractivity contribution in [3.63, 3.8) is 0 Å². The highest BCUT2D eigenvalue weighted by Crippen LogP contribution is 2.35. The summed E-state index contributed by atoms with van der Waals surface area (Å²) < 4.78 is 1.40. The van der Waals surface area contributed by atoms with E-state index >= 15 is 0 Å². The van der Waals surface area contributed by atoms with E-state index in [0.29, 0.717) is 10.9 Å². The fourth-order valence-electron chi connectivity index (χ4n) is 1.91. The molecule has 1 aliphatic rings. The summed E-state index contributed by atoms with van der Waals surface area (Å²) in [4.78, 5) is 23.0. The van der Waals surface area contributed by atoms with E-state index in [1.165, 1.54) is 6.07 Å². The topological polar surface area (TPSA) is 74.6 Å². The molecule has 0 amide bonds. The molecule has 0 aliphatic heterocycles. The van der Waals surface area contributed by atoms with Gasteiger partial charge < -0.3 is 10.2 Å². The minimum absolute atomic E-state index is 0.103. The van der Waals surface area contributed by atoms with Gasteiger partial charge in [0, 0.05) is 14.5 Å². The van der Waals surface area contributed by atoms with Crippen molar-refractivity contribution in [1.82, 2.24) is 0 Å². The lowest BCUT2D eigenvalue weighted by atomic mass is 9.79. The van der Waals surface area contributed by atoms with Crippen LogP contribution in [0.15, 0.2) is 21.1 Å². The molecule has 0 aromatic heterocycles. The van der Waals surface area contributed by atoms with Crippen molar-refractivity contribution < 1.29 is 19.8 Å². The molecule has 0 radical (unpaired) electrons. The first kappa shape index (κ1) is 12.7. The van der Waals surface area contributed by atoms with Gasteiger partial charge in [-0.3, -0.25) is 4.79 Å². The van der Waals surface area contributed by atoms with Crippen molar-refractivity contribution in [3.8, 4) is 0 Å². The van der Waals surface area contributed by atoms with Crippen LogP contribution in [-0.4, -0.2) is 27.6 Å². The van der Waals surface area contributed by atoms with Gasteiger partial charge in [0.1, 0.15) is 0 Å². The number of carboxylic acids is 1. The molecule has 4 nitrogen and oxygen atoms in total. The number of rotatable bonds is 1. The zero-order valence-electron chi connectivity index (χ0n) is 8.54. The molecule has 2 N–H and O–H groups in total. The Balaban J connectivity index is 2.60. The molecule has 1 aromatic rings. The number of hydrogen-bond acceptors (Lipinski definition) is 3. The zero-order chi connectivity index (χ0) is 12.8. The molecular weight excluding hydrogens is 356 g/mol.